The summed E-state index contributed by atoms with van der Waals surface area (Å²) in [6, 6.07) is 11.5. The van der Waals surface area contributed by atoms with Crippen LogP contribution in [0, 0.1) is 6.92 Å². The van der Waals surface area contributed by atoms with Crippen molar-refractivity contribution in [3.8, 4) is 34.3 Å². The average molecular weight is 341 g/mol. The number of fused-ring (bicyclic) bond motifs is 1. The van der Waals surface area contributed by atoms with E-state index >= 15 is 0 Å². The van der Waals surface area contributed by atoms with Gasteiger partial charge >= 0.3 is 11.3 Å². The molecule has 1 aromatic heterocycles. The number of hydrogen-bond acceptors (Lipinski definition) is 4. The van der Waals surface area contributed by atoms with Crippen molar-refractivity contribution in [2.24, 2.45) is 0 Å². The lowest BCUT2D eigenvalue weighted by Gasteiger charge is -2.12. The lowest BCUT2D eigenvalue weighted by atomic mass is 10.1. The maximum absolute atomic E-state index is 6.11. The van der Waals surface area contributed by atoms with E-state index in [1.54, 1.807) is 28.4 Å². The minimum absolute atomic E-state index is 0.549. The molecule has 0 fully saturated rings. The number of hydrogen-bond donors (Lipinski definition) is 0. The summed E-state index contributed by atoms with van der Waals surface area (Å²) >= 11 is 0. The van der Waals surface area contributed by atoms with Crippen molar-refractivity contribution in [2.75, 3.05) is 28.4 Å². The molecule has 0 atom stereocenters. The van der Waals surface area contributed by atoms with Gasteiger partial charge in [0.15, 0.2) is 11.5 Å². The van der Waals surface area contributed by atoms with Crippen LogP contribution in [-0.4, -0.2) is 28.4 Å². The number of methoxy groups -OCH3 is 4. The summed E-state index contributed by atoms with van der Waals surface area (Å²) in [6.45, 7) is 2.05. The highest BCUT2D eigenvalue weighted by Crippen LogP contribution is 2.42. The van der Waals surface area contributed by atoms with Gasteiger partial charge in [-0.05, 0) is 24.6 Å². The van der Waals surface area contributed by atoms with E-state index in [0.717, 1.165) is 27.8 Å². The quantitative estimate of drug-likeness (QED) is 0.628. The summed E-state index contributed by atoms with van der Waals surface area (Å²) < 4.78 is 27.6. The topological polar surface area (TPSA) is 48.2 Å². The molecule has 0 bridgehead atoms. The second-order valence-electron chi connectivity index (χ2n) is 5.57. The van der Waals surface area contributed by atoms with Crippen LogP contribution in [0.1, 0.15) is 5.56 Å². The van der Waals surface area contributed by atoms with Gasteiger partial charge in [-0.15, -0.1) is 0 Å². The smallest absolute Gasteiger partial charge is 0.364 e. The predicted octanol–water partition coefficient (Wildman–Crippen LogP) is 4.72. The van der Waals surface area contributed by atoms with Gasteiger partial charge < -0.3 is 18.9 Å². The molecule has 3 rings (SSSR count). The zero-order valence-electron chi connectivity index (χ0n) is 15.0. The van der Waals surface area contributed by atoms with Crippen LogP contribution in [0.25, 0.3) is 22.3 Å². The Morgan fingerprint density at radius 3 is 2.00 bits per heavy atom. The summed E-state index contributed by atoms with van der Waals surface area (Å²) in [7, 11) is 6.40. The van der Waals surface area contributed by atoms with E-state index in [0.29, 0.717) is 23.0 Å². The predicted molar refractivity (Wildman–Crippen MR) is 97.0 cm³/mol. The molecule has 3 aromatic rings. The fourth-order valence-electron chi connectivity index (χ4n) is 2.83. The maximum Gasteiger partial charge on any atom is 0.364 e. The van der Waals surface area contributed by atoms with Crippen molar-refractivity contribution in [3.05, 3.63) is 42.0 Å². The summed E-state index contributed by atoms with van der Waals surface area (Å²) in [5, 5.41) is 1.04. The minimum atomic E-state index is 0.549. The van der Waals surface area contributed by atoms with Crippen molar-refractivity contribution in [2.45, 2.75) is 6.92 Å². The van der Waals surface area contributed by atoms with Gasteiger partial charge in [-0.3, -0.25) is 0 Å². The standard InChI is InChI=1S/C20H21O5/c1-12-8-16(25-17-11-14(21-2)6-7-15(12)17)13-9-18(22-3)20(24-5)19(10-13)23-4/h6-11H,1-5H3/q+1. The Labute approximate surface area is 146 Å². The fourth-order valence-corrected chi connectivity index (χ4v) is 2.83. The second kappa shape index (κ2) is 6.89. The Kier molecular flexibility index (Phi) is 4.65. The SMILES string of the molecule is COc1ccc2c(C)cc(-c3cc(OC)c(OC)c(OC)c3)[o+]c2c1. The molecule has 0 aliphatic carbocycles. The first-order valence-corrected chi connectivity index (χ1v) is 7.83. The number of aryl methyl sites for hydroxylation is 1. The second-order valence-corrected chi connectivity index (χ2v) is 5.57. The molecule has 2 aromatic carbocycles. The van der Waals surface area contributed by atoms with Crippen LogP contribution in [0.5, 0.6) is 23.0 Å². The van der Waals surface area contributed by atoms with Crippen LogP contribution in [-0.2, 0) is 0 Å². The van der Waals surface area contributed by atoms with Crippen molar-refractivity contribution in [1.29, 1.82) is 0 Å². The molecule has 0 radical (unpaired) electrons. The largest absolute Gasteiger partial charge is 0.496 e. The van der Waals surface area contributed by atoms with Gasteiger partial charge in [-0.2, -0.15) is 0 Å². The lowest BCUT2D eigenvalue weighted by Crippen LogP contribution is -1.96. The number of rotatable bonds is 5. The number of benzene rings is 2. The Bertz CT molecular complexity index is 892. The molecule has 5 heteroatoms. The molecule has 25 heavy (non-hydrogen) atoms. The van der Waals surface area contributed by atoms with Crippen LogP contribution in [0.2, 0.25) is 0 Å². The third kappa shape index (κ3) is 3.05. The van der Waals surface area contributed by atoms with Gasteiger partial charge in [0.2, 0.25) is 5.75 Å². The van der Waals surface area contributed by atoms with Crippen LogP contribution in [0.4, 0.5) is 0 Å². The van der Waals surface area contributed by atoms with E-state index in [2.05, 4.69) is 0 Å². The molecule has 0 N–H and O–H groups in total. The van der Waals surface area contributed by atoms with Gasteiger partial charge in [0.1, 0.15) is 5.75 Å². The van der Waals surface area contributed by atoms with Crippen LogP contribution in [0.3, 0.4) is 0 Å². The zero-order chi connectivity index (χ0) is 18.0. The van der Waals surface area contributed by atoms with Gasteiger partial charge in [-0.25, -0.2) is 4.42 Å². The summed E-state index contributed by atoms with van der Waals surface area (Å²) in [5.41, 5.74) is 2.69. The highest BCUT2D eigenvalue weighted by molar-refractivity contribution is 5.84. The van der Waals surface area contributed by atoms with E-state index in [1.807, 2.05) is 43.3 Å². The van der Waals surface area contributed by atoms with Crippen molar-refractivity contribution < 1.29 is 23.4 Å². The Morgan fingerprint density at radius 2 is 1.44 bits per heavy atom. The summed E-state index contributed by atoms with van der Waals surface area (Å²) in [5.74, 6) is 3.16. The average Bonchev–Trinajstić information content (AvgIpc) is 2.65. The highest BCUT2D eigenvalue weighted by Gasteiger charge is 2.22. The molecule has 0 aliphatic rings. The first-order chi connectivity index (χ1) is 12.1. The zero-order valence-corrected chi connectivity index (χ0v) is 15.0. The molecule has 0 spiro atoms. The Morgan fingerprint density at radius 1 is 0.760 bits per heavy atom. The first-order valence-electron chi connectivity index (χ1n) is 7.83. The molecular weight excluding hydrogens is 320 g/mol. The van der Waals surface area contributed by atoms with Gasteiger partial charge in [-0.1, -0.05) is 0 Å². The van der Waals surface area contributed by atoms with E-state index in [1.165, 1.54) is 0 Å². The summed E-state index contributed by atoms with van der Waals surface area (Å²) in [4.78, 5) is 0. The lowest BCUT2D eigenvalue weighted by molar-refractivity contribution is 0.324. The van der Waals surface area contributed by atoms with Gasteiger partial charge in [0, 0.05) is 18.2 Å². The normalized spacial score (nSPS) is 10.6. The maximum atomic E-state index is 6.11. The van der Waals surface area contributed by atoms with Gasteiger partial charge in [0.05, 0.1) is 45.5 Å². The molecular formula is C20H21O5+. The molecule has 0 amide bonds. The Balaban J connectivity index is 2.21. The molecule has 0 saturated heterocycles. The highest BCUT2D eigenvalue weighted by atomic mass is 16.5. The third-order valence-electron chi connectivity index (χ3n) is 4.13. The van der Waals surface area contributed by atoms with Crippen molar-refractivity contribution in [1.82, 2.24) is 0 Å². The molecule has 130 valence electrons. The van der Waals surface area contributed by atoms with E-state index < -0.39 is 0 Å². The molecule has 0 aliphatic heterocycles. The van der Waals surface area contributed by atoms with Crippen LogP contribution >= 0.6 is 0 Å². The van der Waals surface area contributed by atoms with Crippen molar-refractivity contribution >= 4 is 11.0 Å². The number of ether oxygens (including phenoxy) is 4. The molecule has 5 nitrogen and oxygen atoms in total. The fraction of sp³-hybridized carbons (Fsp3) is 0.250. The molecule has 0 saturated carbocycles. The van der Waals surface area contributed by atoms with Crippen molar-refractivity contribution in [3.63, 3.8) is 0 Å². The third-order valence-corrected chi connectivity index (χ3v) is 4.13. The van der Waals surface area contributed by atoms with Gasteiger partial charge in [0.25, 0.3) is 0 Å². The minimum Gasteiger partial charge on any atom is -0.496 e. The first kappa shape index (κ1) is 16.9. The molecule has 1 heterocycles. The van der Waals surface area contributed by atoms with Crippen LogP contribution in [0.15, 0.2) is 40.8 Å². The summed E-state index contributed by atoms with van der Waals surface area (Å²) in [6.07, 6.45) is 0. The molecule has 0 unspecified atom stereocenters. The van der Waals surface area contributed by atoms with E-state index in [-0.39, 0.29) is 0 Å². The van der Waals surface area contributed by atoms with E-state index in [4.69, 9.17) is 23.4 Å². The van der Waals surface area contributed by atoms with Crippen LogP contribution < -0.4 is 18.9 Å². The Hall–Kier alpha value is -2.95. The van der Waals surface area contributed by atoms with E-state index in [9.17, 15) is 0 Å². The monoisotopic (exact) mass is 341 g/mol.